The Bertz CT molecular complexity index is 269. The summed E-state index contributed by atoms with van der Waals surface area (Å²) in [5.74, 6) is 0. The molecule has 0 spiro atoms. The quantitative estimate of drug-likeness (QED) is 0.771. The molecule has 0 radical (unpaired) electrons. The standard InChI is InChI=1S/C14H27N3/c1-5-13-7-6-9-17(13)10-8-14(4,11-15)16-12(2)3/h12-13,16H,5-10H2,1-4H3. The van der Waals surface area contributed by atoms with Crippen molar-refractivity contribution in [2.24, 2.45) is 0 Å². The molecule has 0 aromatic carbocycles. The number of likely N-dealkylation sites (tertiary alicyclic amines) is 1. The van der Waals surface area contributed by atoms with E-state index in [-0.39, 0.29) is 5.54 Å². The van der Waals surface area contributed by atoms with Gasteiger partial charge in [0, 0.05) is 18.6 Å². The Hall–Kier alpha value is -0.590. The molecule has 98 valence electrons. The number of hydrogen-bond donors (Lipinski definition) is 1. The molecule has 2 unspecified atom stereocenters. The Morgan fingerprint density at radius 3 is 2.76 bits per heavy atom. The first-order valence-electron chi connectivity index (χ1n) is 6.93. The molecule has 2 atom stereocenters. The minimum Gasteiger partial charge on any atom is -0.300 e. The molecule has 1 rings (SSSR count). The van der Waals surface area contributed by atoms with E-state index in [4.69, 9.17) is 0 Å². The Balaban J connectivity index is 2.45. The summed E-state index contributed by atoms with van der Waals surface area (Å²) in [7, 11) is 0. The third-order valence-electron chi connectivity index (χ3n) is 3.72. The van der Waals surface area contributed by atoms with Crippen LogP contribution in [0.2, 0.25) is 0 Å². The van der Waals surface area contributed by atoms with Crippen molar-refractivity contribution in [1.29, 1.82) is 5.26 Å². The van der Waals surface area contributed by atoms with Gasteiger partial charge in [-0.1, -0.05) is 6.92 Å². The van der Waals surface area contributed by atoms with Gasteiger partial charge >= 0.3 is 0 Å². The van der Waals surface area contributed by atoms with E-state index in [2.05, 4.69) is 37.1 Å². The Morgan fingerprint density at radius 1 is 1.53 bits per heavy atom. The lowest BCUT2D eigenvalue weighted by molar-refractivity contribution is 0.221. The Kier molecular flexibility index (Phi) is 5.42. The molecule has 0 amide bonds. The van der Waals surface area contributed by atoms with E-state index >= 15 is 0 Å². The highest BCUT2D eigenvalue weighted by molar-refractivity contribution is 5.05. The summed E-state index contributed by atoms with van der Waals surface area (Å²) in [6.45, 7) is 10.7. The van der Waals surface area contributed by atoms with Gasteiger partial charge in [-0.05, 0) is 53.0 Å². The summed E-state index contributed by atoms with van der Waals surface area (Å²) in [5.41, 5.74) is -0.380. The van der Waals surface area contributed by atoms with Gasteiger partial charge in [0.05, 0.1) is 6.07 Å². The molecule has 1 aliphatic rings. The number of nitrogens with one attached hydrogen (secondary N) is 1. The maximum atomic E-state index is 9.30. The van der Waals surface area contributed by atoms with Crippen LogP contribution in [0, 0.1) is 11.3 Å². The minimum atomic E-state index is -0.380. The predicted octanol–water partition coefficient (Wildman–Crippen LogP) is 2.53. The fraction of sp³-hybridized carbons (Fsp3) is 0.929. The number of nitriles is 1. The second kappa shape index (κ2) is 6.37. The minimum absolute atomic E-state index is 0.361. The Morgan fingerprint density at radius 2 is 2.24 bits per heavy atom. The van der Waals surface area contributed by atoms with Gasteiger partial charge in [-0.2, -0.15) is 5.26 Å². The summed E-state index contributed by atoms with van der Waals surface area (Å²) in [6.07, 6.45) is 4.80. The van der Waals surface area contributed by atoms with E-state index in [0.717, 1.165) is 19.0 Å². The van der Waals surface area contributed by atoms with Crippen molar-refractivity contribution in [3.8, 4) is 6.07 Å². The first kappa shape index (κ1) is 14.5. The molecule has 1 heterocycles. The van der Waals surface area contributed by atoms with Crippen LogP contribution in [0.25, 0.3) is 0 Å². The molecule has 1 N–H and O–H groups in total. The fourth-order valence-electron chi connectivity index (χ4n) is 2.82. The molecule has 17 heavy (non-hydrogen) atoms. The largest absolute Gasteiger partial charge is 0.300 e. The van der Waals surface area contributed by atoms with Crippen LogP contribution in [-0.2, 0) is 0 Å². The summed E-state index contributed by atoms with van der Waals surface area (Å²) in [6, 6.07) is 3.54. The molecule has 1 saturated heterocycles. The average molecular weight is 237 g/mol. The monoisotopic (exact) mass is 237 g/mol. The number of nitrogens with zero attached hydrogens (tertiary/aromatic N) is 2. The zero-order chi connectivity index (χ0) is 12.9. The van der Waals surface area contributed by atoms with Crippen molar-refractivity contribution in [3.63, 3.8) is 0 Å². The van der Waals surface area contributed by atoms with Crippen LogP contribution in [0.4, 0.5) is 0 Å². The smallest absolute Gasteiger partial charge is 0.105 e. The molecule has 0 aromatic heterocycles. The molecule has 0 saturated carbocycles. The van der Waals surface area contributed by atoms with Crippen LogP contribution < -0.4 is 5.32 Å². The zero-order valence-corrected chi connectivity index (χ0v) is 11.8. The van der Waals surface area contributed by atoms with Crippen molar-refractivity contribution < 1.29 is 0 Å². The second-order valence-electron chi connectivity index (χ2n) is 5.73. The van der Waals surface area contributed by atoms with Crippen LogP contribution >= 0.6 is 0 Å². The van der Waals surface area contributed by atoms with Gasteiger partial charge in [-0.15, -0.1) is 0 Å². The van der Waals surface area contributed by atoms with Gasteiger partial charge in [-0.25, -0.2) is 0 Å². The van der Waals surface area contributed by atoms with Gasteiger partial charge in [0.15, 0.2) is 0 Å². The third kappa shape index (κ3) is 4.29. The number of hydrogen-bond acceptors (Lipinski definition) is 3. The zero-order valence-electron chi connectivity index (χ0n) is 11.8. The average Bonchev–Trinajstić information content (AvgIpc) is 2.73. The van der Waals surface area contributed by atoms with E-state index in [0.29, 0.717) is 6.04 Å². The highest BCUT2D eigenvalue weighted by Gasteiger charge is 2.28. The molecule has 0 aliphatic carbocycles. The van der Waals surface area contributed by atoms with E-state index in [1.807, 2.05) is 6.92 Å². The van der Waals surface area contributed by atoms with Crippen LogP contribution in [0.3, 0.4) is 0 Å². The highest BCUT2D eigenvalue weighted by Crippen LogP contribution is 2.21. The SMILES string of the molecule is CCC1CCCN1CCC(C)(C#N)NC(C)C. The second-order valence-corrected chi connectivity index (χ2v) is 5.73. The van der Waals surface area contributed by atoms with Crippen LogP contribution in [0.5, 0.6) is 0 Å². The topological polar surface area (TPSA) is 39.1 Å². The van der Waals surface area contributed by atoms with Crippen LogP contribution in [0.1, 0.15) is 53.4 Å². The van der Waals surface area contributed by atoms with Gasteiger partial charge < -0.3 is 4.90 Å². The first-order valence-corrected chi connectivity index (χ1v) is 6.93. The molecule has 1 aliphatic heterocycles. The van der Waals surface area contributed by atoms with Gasteiger partial charge in [-0.3, -0.25) is 5.32 Å². The van der Waals surface area contributed by atoms with E-state index in [1.165, 1.54) is 25.8 Å². The molecular weight excluding hydrogens is 210 g/mol. The predicted molar refractivity (Wildman–Crippen MR) is 71.8 cm³/mol. The summed E-state index contributed by atoms with van der Waals surface area (Å²) >= 11 is 0. The van der Waals surface area contributed by atoms with E-state index in [1.54, 1.807) is 0 Å². The van der Waals surface area contributed by atoms with Crippen molar-refractivity contribution in [3.05, 3.63) is 0 Å². The van der Waals surface area contributed by atoms with Gasteiger partial charge in [0.1, 0.15) is 5.54 Å². The van der Waals surface area contributed by atoms with Gasteiger partial charge in [0.25, 0.3) is 0 Å². The molecule has 0 bridgehead atoms. The maximum absolute atomic E-state index is 9.30. The molecule has 3 heteroatoms. The van der Waals surface area contributed by atoms with Crippen molar-refractivity contribution >= 4 is 0 Å². The Labute approximate surface area is 106 Å². The molecular formula is C14H27N3. The molecule has 1 fully saturated rings. The molecule has 0 aromatic rings. The van der Waals surface area contributed by atoms with E-state index in [9.17, 15) is 5.26 Å². The van der Waals surface area contributed by atoms with Crippen LogP contribution in [-0.4, -0.2) is 35.6 Å². The van der Waals surface area contributed by atoms with Crippen LogP contribution in [0.15, 0.2) is 0 Å². The lowest BCUT2D eigenvalue weighted by atomic mass is 9.98. The lowest BCUT2D eigenvalue weighted by Gasteiger charge is -2.30. The first-order chi connectivity index (χ1) is 8.00. The fourth-order valence-corrected chi connectivity index (χ4v) is 2.82. The normalized spacial score (nSPS) is 24.8. The molecule has 3 nitrogen and oxygen atoms in total. The summed E-state index contributed by atoms with van der Waals surface area (Å²) < 4.78 is 0. The van der Waals surface area contributed by atoms with Crippen molar-refractivity contribution in [1.82, 2.24) is 10.2 Å². The van der Waals surface area contributed by atoms with E-state index < -0.39 is 0 Å². The van der Waals surface area contributed by atoms with Crippen molar-refractivity contribution in [2.45, 2.75) is 71.0 Å². The lowest BCUT2D eigenvalue weighted by Crippen LogP contribution is -2.47. The number of rotatable bonds is 6. The highest BCUT2D eigenvalue weighted by atomic mass is 15.2. The maximum Gasteiger partial charge on any atom is 0.105 e. The van der Waals surface area contributed by atoms with Crippen molar-refractivity contribution in [2.75, 3.05) is 13.1 Å². The third-order valence-corrected chi connectivity index (χ3v) is 3.72. The summed E-state index contributed by atoms with van der Waals surface area (Å²) in [4.78, 5) is 2.55. The summed E-state index contributed by atoms with van der Waals surface area (Å²) in [5, 5.41) is 12.7. The van der Waals surface area contributed by atoms with Gasteiger partial charge in [0.2, 0.25) is 0 Å².